The molecule has 0 bridgehead atoms. The number of carboxylic acids is 3. The zero-order valence-electron chi connectivity index (χ0n) is 70.8. The molecule has 40 heteroatoms. The van der Waals surface area contributed by atoms with Crippen molar-refractivity contribution in [1.82, 2.24) is 79.4 Å². The molecule has 120 heavy (non-hydrogen) atoms. The van der Waals surface area contributed by atoms with Crippen molar-refractivity contribution in [2.45, 2.75) is 271 Å². The van der Waals surface area contributed by atoms with E-state index in [4.69, 9.17) is 17.2 Å². The highest BCUT2D eigenvalue weighted by Crippen LogP contribution is 2.21. The number of aliphatic hydroxyl groups is 1. The Bertz CT molecular complexity index is 4060. The number of H-pyrrole nitrogens is 1. The van der Waals surface area contributed by atoms with Gasteiger partial charge in [-0.3, -0.25) is 81.7 Å². The Hall–Kier alpha value is -11.8. The first-order valence-corrected chi connectivity index (χ1v) is 40.2. The van der Waals surface area contributed by atoms with Gasteiger partial charge in [-0.05, 0) is 114 Å². The molecular formula is C80H125N19O21. The lowest BCUT2D eigenvalue weighted by molar-refractivity contribution is -0.143. The molecule has 25 N–H and O–H groups in total. The molecule has 0 saturated heterocycles. The molecular weight excluding hydrogens is 1560 g/mol. The van der Waals surface area contributed by atoms with E-state index >= 15 is 0 Å². The number of amides is 14. The lowest BCUT2D eigenvalue weighted by Gasteiger charge is -2.29. The highest BCUT2D eigenvalue weighted by atomic mass is 16.4. The van der Waals surface area contributed by atoms with Crippen molar-refractivity contribution in [2.24, 2.45) is 51.8 Å². The van der Waals surface area contributed by atoms with Crippen LogP contribution >= 0.6 is 0 Å². The third-order valence-corrected chi connectivity index (χ3v) is 19.7. The van der Waals surface area contributed by atoms with Crippen molar-refractivity contribution in [3.05, 3.63) is 71.9 Å². The van der Waals surface area contributed by atoms with Crippen LogP contribution in [-0.2, 0) is 94.3 Å². The molecule has 3 rings (SSSR count). The smallest absolute Gasteiger partial charge is 0.326 e. The zero-order chi connectivity index (χ0) is 90.7. The number of carboxylic acid groups (broad SMARTS) is 3. The van der Waals surface area contributed by atoms with Gasteiger partial charge in [0, 0.05) is 36.5 Å². The van der Waals surface area contributed by atoms with E-state index in [1.807, 2.05) is 0 Å². The molecule has 3 aromatic rings. The van der Waals surface area contributed by atoms with Gasteiger partial charge in [0.15, 0.2) is 5.96 Å². The molecule has 0 fully saturated rings. The Morgan fingerprint density at radius 2 is 0.733 bits per heavy atom. The van der Waals surface area contributed by atoms with E-state index in [2.05, 4.69) is 84.4 Å². The number of nitrogens with zero attached hydrogens (tertiary/aromatic N) is 1. The number of guanidine groups is 1. The number of nitrogens with two attached hydrogens (primary N) is 3. The van der Waals surface area contributed by atoms with Gasteiger partial charge in [0.25, 0.3) is 0 Å². The number of aromatic nitrogens is 1. The molecule has 0 radical (unpaired) electrons. The van der Waals surface area contributed by atoms with Gasteiger partial charge >= 0.3 is 17.9 Å². The molecule has 0 aliphatic heterocycles. The van der Waals surface area contributed by atoms with Gasteiger partial charge in [-0.15, -0.1) is 0 Å². The van der Waals surface area contributed by atoms with Crippen molar-refractivity contribution in [2.75, 3.05) is 6.54 Å². The molecule has 666 valence electrons. The second-order valence-corrected chi connectivity index (χ2v) is 31.5. The van der Waals surface area contributed by atoms with Crippen LogP contribution in [0.4, 0.5) is 0 Å². The van der Waals surface area contributed by atoms with Crippen LogP contribution in [0.3, 0.4) is 0 Å². The SMILES string of the molecule is CC[C@H](C)[C@H](NC(=O)[C@H](Cc1ccccc1)NC(=O)[C@H](CC(=O)O)NC(=O)[C@H](CCCN=C(N)N)NC(=O)[C@H](C)NC(=O)[C@H](C)NC(=O)[C@H](CC(C)C)NC(=O)[C@H](C)NC(=O)[C@H](CC(=O)O)NC(=O)[C@H](CC(C)C)NC(=O)[C@@H](NC(=O)[C@@H](N)[C@@H](C)O)[C@@H](C)CC)C(=O)N[C@@H](C)C(=O)N[C@@H](Cc1c[nH]c2ccccc12)C(=O)N[C@@H](CC(C)C)C(=O)O. The summed E-state index contributed by atoms with van der Waals surface area (Å²) in [6.07, 6.45) is -1.81. The molecule has 1 heterocycles. The van der Waals surface area contributed by atoms with Gasteiger partial charge in [0.1, 0.15) is 90.6 Å². The summed E-state index contributed by atoms with van der Waals surface area (Å²) < 4.78 is 0. The Morgan fingerprint density at radius 1 is 0.392 bits per heavy atom. The summed E-state index contributed by atoms with van der Waals surface area (Å²) >= 11 is 0. The van der Waals surface area contributed by atoms with Gasteiger partial charge in [-0.2, -0.15) is 0 Å². The summed E-state index contributed by atoms with van der Waals surface area (Å²) in [5.74, 6) is -20.3. The summed E-state index contributed by atoms with van der Waals surface area (Å²) in [6, 6.07) is -7.14. The standard InChI is InChI=1S/C80H125N19O21/c1-16-41(9)63(77(117)89-46(14)68(108)92-56(73(113)97-59(79(119)120)32-40(7)8)34-49-37-85-51-27-22-21-26-50(49)51)98-75(115)55(33-48-24-19-18-20-25-48)93-74(114)58(36-61(103)104)94-69(109)52(28-23-29-84-80(82)83)90-66(106)44(12)86-65(105)43(11)87-70(110)53(30-38(3)4)91-67(107)45(13)88-71(111)57(35-60(101)102)95-72(112)54(31-39(5)6)96-78(118)64(42(10)17-2)99-76(116)62(81)47(15)100/h18-22,24-27,37-47,52-59,62-64,85,100H,16-17,23,28-36,81H2,1-15H3,(H,86,105)(H,87,110)(H,88,111)(H,89,117)(H,90,106)(H,91,107)(H,92,108)(H,93,114)(H,94,109)(H,95,112)(H,96,118)(H,97,113)(H,98,115)(H,99,116)(H,101,102)(H,103,104)(H,119,120)(H4,82,83,84)/t41-,42-,43-,44-,45-,46-,47+,52-,53-,54-,55-,56-,57-,58-,59-,62-,63-,64-/m0/s1. The molecule has 1 aromatic heterocycles. The lowest BCUT2D eigenvalue weighted by atomic mass is 9.96. The van der Waals surface area contributed by atoms with Crippen LogP contribution in [0.5, 0.6) is 0 Å². The first-order valence-electron chi connectivity index (χ1n) is 40.2. The first kappa shape index (κ1) is 102. The van der Waals surface area contributed by atoms with Crippen LogP contribution < -0.4 is 91.6 Å². The van der Waals surface area contributed by atoms with E-state index in [-0.39, 0.29) is 81.6 Å². The van der Waals surface area contributed by atoms with Gasteiger partial charge in [0.2, 0.25) is 82.7 Å². The predicted octanol–water partition coefficient (Wildman–Crippen LogP) is -2.15. The number of hydrogen-bond donors (Lipinski definition) is 22. The Kier molecular flexibility index (Phi) is 42.8. The highest BCUT2D eigenvalue weighted by Gasteiger charge is 2.40. The van der Waals surface area contributed by atoms with Crippen molar-refractivity contribution in [3.63, 3.8) is 0 Å². The third-order valence-electron chi connectivity index (χ3n) is 19.7. The average Bonchev–Trinajstić information content (AvgIpc) is 1.67. The number of carbonyl (C=O) groups is 17. The number of fused-ring (bicyclic) bond motifs is 1. The molecule has 0 unspecified atom stereocenters. The fraction of sp³-hybridized carbons (Fsp3) is 0.600. The quantitative estimate of drug-likeness (QED) is 0.0163. The van der Waals surface area contributed by atoms with Crippen LogP contribution in [0, 0.1) is 29.6 Å². The maximum atomic E-state index is 14.7. The second-order valence-electron chi connectivity index (χ2n) is 31.5. The van der Waals surface area contributed by atoms with Crippen LogP contribution in [0.25, 0.3) is 10.9 Å². The minimum absolute atomic E-state index is 0.0287. The van der Waals surface area contributed by atoms with E-state index in [1.54, 1.807) is 130 Å². The van der Waals surface area contributed by atoms with Gasteiger partial charge < -0.3 is 117 Å². The van der Waals surface area contributed by atoms with E-state index in [0.717, 1.165) is 10.9 Å². The van der Waals surface area contributed by atoms with Crippen LogP contribution in [0.1, 0.15) is 173 Å². The Morgan fingerprint density at radius 3 is 1.20 bits per heavy atom. The molecule has 0 aliphatic rings. The summed E-state index contributed by atoms with van der Waals surface area (Å²) in [5.41, 5.74) is 18.7. The fourth-order valence-corrected chi connectivity index (χ4v) is 12.3. The summed E-state index contributed by atoms with van der Waals surface area (Å²) in [5, 5.41) is 75.5. The van der Waals surface area contributed by atoms with Crippen LogP contribution in [0.2, 0.25) is 0 Å². The van der Waals surface area contributed by atoms with Gasteiger partial charge in [-0.1, -0.05) is 131 Å². The number of benzene rings is 2. The fourth-order valence-electron chi connectivity index (χ4n) is 12.3. The zero-order valence-corrected chi connectivity index (χ0v) is 70.8. The Labute approximate surface area is 697 Å². The van der Waals surface area contributed by atoms with E-state index < -0.39 is 222 Å². The number of aliphatic imine (C=N–C) groups is 1. The second kappa shape index (κ2) is 50.2. The topological polar surface area (TPSA) is 646 Å². The number of rotatable bonds is 52. The number of nitrogens with one attached hydrogen (secondary N) is 15. The summed E-state index contributed by atoms with van der Waals surface area (Å²) in [4.78, 5) is 240. The number of aliphatic hydroxyl groups excluding tert-OH is 1. The molecule has 40 nitrogen and oxygen atoms in total. The molecule has 18 atom stereocenters. The average molecular weight is 1690 g/mol. The van der Waals surface area contributed by atoms with E-state index in [0.29, 0.717) is 17.5 Å². The van der Waals surface area contributed by atoms with Crippen LogP contribution in [-0.4, -0.2) is 235 Å². The molecule has 2 aromatic carbocycles. The van der Waals surface area contributed by atoms with E-state index in [1.165, 1.54) is 34.6 Å². The number of carbonyl (C=O) groups excluding carboxylic acids is 14. The van der Waals surface area contributed by atoms with Crippen molar-refractivity contribution < 1.29 is 102 Å². The first-order chi connectivity index (χ1) is 56.2. The van der Waals surface area contributed by atoms with Gasteiger partial charge in [-0.25, -0.2) is 4.79 Å². The Balaban J connectivity index is 1.84. The normalized spacial score (nSPS) is 15.8. The van der Waals surface area contributed by atoms with Crippen molar-refractivity contribution in [1.29, 1.82) is 0 Å². The maximum absolute atomic E-state index is 14.7. The van der Waals surface area contributed by atoms with E-state index in [9.17, 15) is 102 Å². The summed E-state index contributed by atoms with van der Waals surface area (Å²) in [6.45, 7) is 23.3. The number of hydrogen-bond acceptors (Lipinski definition) is 20. The van der Waals surface area contributed by atoms with Crippen molar-refractivity contribution >= 4 is 117 Å². The molecule has 0 saturated carbocycles. The van der Waals surface area contributed by atoms with Crippen molar-refractivity contribution in [3.8, 4) is 0 Å². The highest BCUT2D eigenvalue weighted by molar-refractivity contribution is 6.01. The number of para-hydroxylation sites is 1. The number of aliphatic carboxylic acids is 3. The largest absolute Gasteiger partial charge is 0.481 e. The third kappa shape index (κ3) is 35.0. The molecule has 14 amide bonds. The maximum Gasteiger partial charge on any atom is 0.326 e. The minimum atomic E-state index is -1.98. The lowest BCUT2D eigenvalue weighted by Crippen LogP contribution is -2.61. The monoisotopic (exact) mass is 1690 g/mol. The van der Waals surface area contributed by atoms with Crippen LogP contribution in [0.15, 0.2) is 65.8 Å². The predicted molar refractivity (Wildman–Crippen MR) is 441 cm³/mol. The van der Waals surface area contributed by atoms with Gasteiger partial charge in [0.05, 0.1) is 18.9 Å². The molecule has 0 aliphatic carbocycles. The summed E-state index contributed by atoms with van der Waals surface area (Å²) in [7, 11) is 0. The minimum Gasteiger partial charge on any atom is -0.481 e. The number of aromatic amines is 1. The molecule has 0 spiro atoms.